The lowest BCUT2D eigenvalue weighted by molar-refractivity contribution is 0.294. The minimum atomic E-state index is 0.676. The molecule has 1 saturated carbocycles. The highest BCUT2D eigenvalue weighted by molar-refractivity contribution is 6.32. The van der Waals surface area contributed by atoms with Gasteiger partial charge < -0.3 is 10.1 Å². The number of rotatable bonds is 6. The van der Waals surface area contributed by atoms with Gasteiger partial charge in [0.2, 0.25) is 0 Å². The second kappa shape index (κ2) is 7.76. The second-order valence-corrected chi connectivity index (χ2v) is 5.90. The van der Waals surface area contributed by atoms with Crippen LogP contribution >= 0.6 is 11.6 Å². The first kappa shape index (κ1) is 14.7. The monoisotopic (exact) mass is 281 g/mol. The average Bonchev–Trinajstić information content (AvgIpc) is 2.42. The van der Waals surface area contributed by atoms with E-state index in [0.717, 1.165) is 30.3 Å². The van der Waals surface area contributed by atoms with Crippen LogP contribution in [0.3, 0.4) is 0 Å². The highest BCUT2D eigenvalue weighted by atomic mass is 35.5. The molecule has 2 nitrogen and oxygen atoms in total. The molecule has 3 heteroatoms. The molecule has 19 heavy (non-hydrogen) atoms. The molecular formula is C16H24ClNO. The van der Waals surface area contributed by atoms with Crippen LogP contribution in [0.1, 0.15) is 37.7 Å². The van der Waals surface area contributed by atoms with Crippen LogP contribution in [-0.4, -0.2) is 19.7 Å². The predicted octanol–water partition coefficient (Wildman–Crippen LogP) is 4.20. The zero-order valence-corrected chi connectivity index (χ0v) is 12.5. The van der Waals surface area contributed by atoms with Crippen LogP contribution in [0.4, 0.5) is 0 Å². The number of hydrogen-bond acceptors (Lipinski definition) is 2. The molecular weight excluding hydrogens is 258 g/mol. The lowest BCUT2D eigenvalue weighted by atomic mass is 9.89. The van der Waals surface area contributed by atoms with Gasteiger partial charge in [0.1, 0.15) is 12.4 Å². The van der Waals surface area contributed by atoms with E-state index in [0.29, 0.717) is 11.6 Å². The van der Waals surface area contributed by atoms with E-state index in [1.54, 1.807) is 0 Å². The average molecular weight is 282 g/mol. The van der Waals surface area contributed by atoms with Gasteiger partial charge in [-0.1, -0.05) is 36.9 Å². The summed E-state index contributed by atoms with van der Waals surface area (Å²) in [6.45, 7) is 4.72. The molecule has 0 amide bonds. The van der Waals surface area contributed by atoms with E-state index in [1.807, 2.05) is 25.1 Å². The van der Waals surface area contributed by atoms with E-state index < -0.39 is 0 Å². The molecule has 0 atom stereocenters. The maximum absolute atomic E-state index is 6.12. The van der Waals surface area contributed by atoms with Gasteiger partial charge in [-0.25, -0.2) is 0 Å². The van der Waals surface area contributed by atoms with Crippen molar-refractivity contribution in [3.63, 3.8) is 0 Å². The first-order valence-corrected chi connectivity index (χ1v) is 7.73. The molecule has 1 fully saturated rings. The topological polar surface area (TPSA) is 21.3 Å². The normalized spacial score (nSPS) is 16.5. The molecule has 1 aliphatic rings. The molecule has 0 aromatic heterocycles. The summed E-state index contributed by atoms with van der Waals surface area (Å²) in [5.41, 5.74) is 1.16. The van der Waals surface area contributed by atoms with Crippen molar-refractivity contribution in [3.8, 4) is 5.75 Å². The van der Waals surface area contributed by atoms with Crippen molar-refractivity contribution >= 4 is 11.6 Å². The van der Waals surface area contributed by atoms with Crippen LogP contribution in [-0.2, 0) is 0 Å². The fourth-order valence-corrected chi connectivity index (χ4v) is 2.94. The summed E-state index contributed by atoms with van der Waals surface area (Å²) in [6, 6.07) is 5.90. The molecule has 0 unspecified atom stereocenters. The lowest BCUT2D eigenvalue weighted by Gasteiger charge is -2.21. The third-order valence-electron chi connectivity index (χ3n) is 3.78. The summed E-state index contributed by atoms with van der Waals surface area (Å²) in [4.78, 5) is 0. The largest absolute Gasteiger partial charge is 0.491 e. The Morgan fingerprint density at radius 3 is 2.79 bits per heavy atom. The van der Waals surface area contributed by atoms with Gasteiger partial charge in [0.15, 0.2) is 0 Å². The van der Waals surface area contributed by atoms with Crippen molar-refractivity contribution in [2.45, 2.75) is 39.0 Å². The molecule has 0 radical (unpaired) electrons. The number of aryl methyl sites for hydroxylation is 1. The number of ether oxygens (including phenoxy) is 1. The van der Waals surface area contributed by atoms with Crippen molar-refractivity contribution in [2.75, 3.05) is 19.7 Å². The molecule has 1 aromatic rings. The standard InChI is InChI=1S/C16H24ClNO/c1-13-7-8-16(15(17)11-13)19-10-9-18-12-14-5-3-2-4-6-14/h7-8,11,14,18H,2-6,9-10,12H2,1H3. The van der Waals surface area contributed by atoms with E-state index in [9.17, 15) is 0 Å². The van der Waals surface area contributed by atoms with Crippen LogP contribution in [0.5, 0.6) is 5.75 Å². The van der Waals surface area contributed by atoms with Crippen LogP contribution in [0, 0.1) is 12.8 Å². The Kier molecular flexibility index (Phi) is 5.99. The summed E-state index contributed by atoms with van der Waals surface area (Å²) < 4.78 is 5.69. The van der Waals surface area contributed by atoms with Gasteiger partial charge in [0.05, 0.1) is 5.02 Å². The van der Waals surface area contributed by atoms with E-state index in [1.165, 1.54) is 32.1 Å². The minimum absolute atomic E-state index is 0.676. The van der Waals surface area contributed by atoms with Gasteiger partial charge in [-0.15, -0.1) is 0 Å². The number of halogens is 1. The minimum Gasteiger partial charge on any atom is -0.491 e. The Labute approximate surface area is 121 Å². The number of nitrogens with one attached hydrogen (secondary N) is 1. The third-order valence-corrected chi connectivity index (χ3v) is 4.08. The zero-order valence-electron chi connectivity index (χ0n) is 11.8. The smallest absolute Gasteiger partial charge is 0.137 e. The molecule has 1 aromatic carbocycles. The molecule has 1 N–H and O–H groups in total. The van der Waals surface area contributed by atoms with Crippen LogP contribution in [0.15, 0.2) is 18.2 Å². The summed E-state index contributed by atoms with van der Waals surface area (Å²) in [5, 5.41) is 4.19. The summed E-state index contributed by atoms with van der Waals surface area (Å²) in [6.07, 6.45) is 7.00. The van der Waals surface area contributed by atoms with Gasteiger partial charge in [0.25, 0.3) is 0 Å². The fourth-order valence-electron chi connectivity index (χ4n) is 2.65. The first-order valence-electron chi connectivity index (χ1n) is 7.35. The maximum Gasteiger partial charge on any atom is 0.137 e. The van der Waals surface area contributed by atoms with Gasteiger partial charge in [0, 0.05) is 6.54 Å². The van der Waals surface area contributed by atoms with Crippen LogP contribution in [0.2, 0.25) is 5.02 Å². The Morgan fingerprint density at radius 2 is 2.05 bits per heavy atom. The van der Waals surface area contributed by atoms with Gasteiger partial charge in [-0.05, 0) is 49.9 Å². The van der Waals surface area contributed by atoms with Crippen molar-refractivity contribution in [1.29, 1.82) is 0 Å². The molecule has 0 heterocycles. The molecule has 1 aliphatic carbocycles. The SMILES string of the molecule is Cc1ccc(OCCNCC2CCCCC2)c(Cl)c1. The molecule has 2 rings (SSSR count). The van der Waals surface area contributed by atoms with Crippen molar-refractivity contribution < 1.29 is 4.74 Å². The first-order chi connectivity index (χ1) is 9.25. The summed E-state index contributed by atoms with van der Waals surface area (Å²) in [5.74, 6) is 1.66. The maximum atomic E-state index is 6.12. The fraction of sp³-hybridized carbons (Fsp3) is 0.625. The Morgan fingerprint density at radius 1 is 1.26 bits per heavy atom. The highest BCUT2D eigenvalue weighted by Gasteiger charge is 2.12. The molecule has 0 bridgehead atoms. The Hall–Kier alpha value is -0.730. The molecule has 0 spiro atoms. The van der Waals surface area contributed by atoms with Crippen molar-refractivity contribution in [1.82, 2.24) is 5.32 Å². The molecule has 0 aliphatic heterocycles. The van der Waals surface area contributed by atoms with Crippen molar-refractivity contribution in [3.05, 3.63) is 28.8 Å². The van der Waals surface area contributed by atoms with Crippen LogP contribution in [0.25, 0.3) is 0 Å². The second-order valence-electron chi connectivity index (χ2n) is 5.49. The molecule has 106 valence electrons. The quantitative estimate of drug-likeness (QED) is 0.789. The third kappa shape index (κ3) is 5.04. The number of hydrogen-bond donors (Lipinski definition) is 1. The zero-order chi connectivity index (χ0) is 13.5. The Bertz CT molecular complexity index is 388. The van der Waals surface area contributed by atoms with E-state index >= 15 is 0 Å². The van der Waals surface area contributed by atoms with E-state index in [4.69, 9.17) is 16.3 Å². The number of benzene rings is 1. The van der Waals surface area contributed by atoms with Gasteiger partial charge in [-0.2, -0.15) is 0 Å². The molecule has 0 saturated heterocycles. The summed E-state index contributed by atoms with van der Waals surface area (Å²) >= 11 is 6.12. The summed E-state index contributed by atoms with van der Waals surface area (Å²) in [7, 11) is 0. The highest BCUT2D eigenvalue weighted by Crippen LogP contribution is 2.25. The van der Waals surface area contributed by atoms with Gasteiger partial charge >= 0.3 is 0 Å². The van der Waals surface area contributed by atoms with Crippen molar-refractivity contribution in [2.24, 2.45) is 5.92 Å². The lowest BCUT2D eigenvalue weighted by Crippen LogP contribution is -2.28. The van der Waals surface area contributed by atoms with Crippen LogP contribution < -0.4 is 10.1 Å². The van der Waals surface area contributed by atoms with Gasteiger partial charge in [-0.3, -0.25) is 0 Å². The van der Waals surface area contributed by atoms with E-state index in [-0.39, 0.29) is 0 Å². The predicted molar refractivity (Wildman–Crippen MR) is 81.1 cm³/mol. The Balaban J connectivity index is 1.61. The van der Waals surface area contributed by atoms with E-state index in [2.05, 4.69) is 5.32 Å².